The van der Waals surface area contributed by atoms with Gasteiger partial charge in [0.2, 0.25) is 0 Å². The summed E-state index contributed by atoms with van der Waals surface area (Å²) in [4.78, 5) is 10.5. The summed E-state index contributed by atoms with van der Waals surface area (Å²) in [6.45, 7) is -1.69. The molecule has 9 heteroatoms. The van der Waals surface area contributed by atoms with Crippen molar-refractivity contribution >= 4 is 11.7 Å². The Labute approximate surface area is 91.4 Å². The molecule has 0 aromatic carbocycles. The van der Waals surface area contributed by atoms with Crippen molar-refractivity contribution in [3.8, 4) is 0 Å². The summed E-state index contributed by atoms with van der Waals surface area (Å²) in [7, 11) is 0. The quantitative estimate of drug-likeness (QED) is 0.173. The van der Waals surface area contributed by atoms with Crippen molar-refractivity contribution in [1.82, 2.24) is 0 Å². The maximum absolute atomic E-state index is 10.5. The van der Waals surface area contributed by atoms with E-state index in [-0.39, 0.29) is 5.96 Å². The fourth-order valence-corrected chi connectivity index (χ4v) is 0.602. The normalized spacial score (nSPS) is 15.3. The molecule has 0 amide bonds. The fourth-order valence-electron chi connectivity index (χ4n) is 0.602. The number of carbonyl (C=O) groups is 1. The number of nitrogens with two attached hydrogens (primary N) is 2. The molecule has 9 nitrogen and oxygen atoms in total. The first-order chi connectivity index (χ1) is 7.27. The lowest BCUT2D eigenvalue weighted by atomic mass is 10.1. The van der Waals surface area contributed by atoms with E-state index in [0.717, 1.165) is 0 Å². The molecule has 0 radical (unpaired) electrons. The molecule has 0 aromatic heterocycles. The number of aliphatic hydroxyl groups excluding tert-OH is 5. The summed E-state index contributed by atoms with van der Waals surface area (Å²) in [5.74, 6) is -1.34. The van der Waals surface area contributed by atoms with Crippen LogP contribution in [0, 0.1) is 5.41 Å². The van der Waals surface area contributed by atoms with Crippen LogP contribution in [0.2, 0.25) is 0 Å². The van der Waals surface area contributed by atoms with Crippen molar-refractivity contribution in [3.05, 3.63) is 0 Å². The lowest BCUT2D eigenvalue weighted by Crippen LogP contribution is -2.44. The number of aliphatic hydroxyl groups is 5. The molecular formula is C7H17N3O6. The molecule has 0 rings (SSSR count). The van der Waals surface area contributed by atoms with Gasteiger partial charge in [-0.25, -0.2) is 0 Å². The van der Waals surface area contributed by atoms with Crippen LogP contribution in [-0.2, 0) is 4.79 Å². The van der Waals surface area contributed by atoms with E-state index in [9.17, 15) is 4.79 Å². The highest BCUT2D eigenvalue weighted by Gasteiger charge is 2.28. The Morgan fingerprint density at radius 3 is 1.81 bits per heavy atom. The van der Waals surface area contributed by atoms with Crippen LogP contribution in [0.25, 0.3) is 0 Å². The molecule has 3 atom stereocenters. The molecule has 0 aromatic rings. The first-order valence-electron chi connectivity index (χ1n) is 4.16. The summed E-state index contributed by atoms with van der Waals surface area (Å²) in [6, 6.07) is 0. The summed E-state index contributed by atoms with van der Waals surface area (Å²) in [5, 5.41) is 49.1. The molecule has 0 heterocycles. The van der Waals surface area contributed by atoms with Gasteiger partial charge in [-0.2, -0.15) is 0 Å². The number of Topliss-reactive ketones (excluding diaryl/α,β-unsaturated/α-hetero) is 1. The molecule has 0 fully saturated rings. The van der Waals surface area contributed by atoms with Gasteiger partial charge < -0.3 is 37.0 Å². The predicted octanol–water partition coefficient (Wildman–Crippen LogP) is -4.54. The maximum atomic E-state index is 10.5. The van der Waals surface area contributed by atoms with Crippen molar-refractivity contribution in [1.29, 1.82) is 5.41 Å². The van der Waals surface area contributed by atoms with Gasteiger partial charge in [0.25, 0.3) is 0 Å². The lowest BCUT2D eigenvalue weighted by Gasteiger charge is -2.19. The van der Waals surface area contributed by atoms with Crippen LogP contribution in [0.4, 0.5) is 0 Å². The van der Waals surface area contributed by atoms with E-state index in [2.05, 4.69) is 11.5 Å². The molecule has 0 aliphatic rings. The highest BCUT2D eigenvalue weighted by Crippen LogP contribution is 2.00. The van der Waals surface area contributed by atoms with Gasteiger partial charge in [0.05, 0.1) is 6.61 Å². The Bertz CT molecular complexity index is 220. The van der Waals surface area contributed by atoms with Gasteiger partial charge in [-0.3, -0.25) is 10.2 Å². The Morgan fingerprint density at radius 2 is 1.56 bits per heavy atom. The monoisotopic (exact) mass is 239 g/mol. The van der Waals surface area contributed by atoms with Crippen LogP contribution in [0.3, 0.4) is 0 Å². The smallest absolute Gasteiger partial charge is 0.189 e. The van der Waals surface area contributed by atoms with Gasteiger partial charge in [0.1, 0.15) is 24.9 Å². The molecule has 0 unspecified atom stereocenters. The second-order valence-electron chi connectivity index (χ2n) is 2.77. The molecule has 0 spiro atoms. The third-order valence-electron chi connectivity index (χ3n) is 1.39. The Hall–Kier alpha value is -1.26. The van der Waals surface area contributed by atoms with Crippen molar-refractivity contribution in [2.45, 2.75) is 18.3 Å². The van der Waals surface area contributed by atoms with E-state index in [1.165, 1.54) is 0 Å². The van der Waals surface area contributed by atoms with Gasteiger partial charge >= 0.3 is 0 Å². The fraction of sp³-hybridized carbons (Fsp3) is 0.714. The number of hydrogen-bond acceptors (Lipinski definition) is 7. The number of hydrogen-bond donors (Lipinski definition) is 8. The average molecular weight is 239 g/mol. The topological polar surface area (TPSA) is 194 Å². The summed E-state index contributed by atoms with van der Waals surface area (Å²) in [6.07, 6.45) is -5.22. The zero-order valence-corrected chi connectivity index (χ0v) is 8.45. The van der Waals surface area contributed by atoms with E-state index in [1.807, 2.05) is 0 Å². The van der Waals surface area contributed by atoms with E-state index in [0.29, 0.717) is 0 Å². The zero-order valence-electron chi connectivity index (χ0n) is 8.45. The van der Waals surface area contributed by atoms with Crippen LogP contribution in [0.15, 0.2) is 0 Å². The van der Waals surface area contributed by atoms with Crippen LogP contribution >= 0.6 is 0 Å². The van der Waals surface area contributed by atoms with Gasteiger partial charge in [-0.1, -0.05) is 0 Å². The molecule has 0 bridgehead atoms. The lowest BCUT2D eigenvalue weighted by molar-refractivity contribution is -0.142. The highest BCUT2D eigenvalue weighted by atomic mass is 16.4. The molecule has 10 N–H and O–H groups in total. The van der Waals surface area contributed by atoms with Crippen molar-refractivity contribution in [3.63, 3.8) is 0 Å². The second kappa shape index (κ2) is 9.00. The van der Waals surface area contributed by atoms with E-state index in [4.69, 9.17) is 30.9 Å². The molecule has 0 aliphatic carbocycles. The second-order valence-corrected chi connectivity index (χ2v) is 2.77. The molecule has 0 saturated carbocycles. The molecule has 0 saturated heterocycles. The SMILES string of the molecule is N=C(N)N.O=C(CO)[C@H](O)[C@@H](O)[C@H](O)CO. The largest absolute Gasteiger partial charge is 0.394 e. The average Bonchev–Trinajstić information content (AvgIpc) is 2.24. The van der Waals surface area contributed by atoms with Gasteiger partial charge in [0, 0.05) is 0 Å². The predicted molar refractivity (Wildman–Crippen MR) is 53.3 cm³/mol. The van der Waals surface area contributed by atoms with E-state index >= 15 is 0 Å². The maximum Gasteiger partial charge on any atom is 0.189 e. The summed E-state index contributed by atoms with van der Waals surface area (Å²) in [5.41, 5.74) is 8.94. The number of rotatable bonds is 5. The van der Waals surface area contributed by atoms with Crippen LogP contribution < -0.4 is 11.5 Å². The summed E-state index contributed by atoms with van der Waals surface area (Å²) >= 11 is 0. The molecule has 96 valence electrons. The van der Waals surface area contributed by atoms with Gasteiger partial charge in [-0.05, 0) is 0 Å². The molecule has 16 heavy (non-hydrogen) atoms. The van der Waals surface area contributed by atoms with E-state index < -0.39 is 37.3 Å². The number of nitrogens with one attached hydrogen (secondary N) is 1. The zero-order chi connectivity index (χ0) is 13.3. The van der Waals surface area contributed by atoms with E-state index in [1.54, 1.807) is 0 Å². The summed E-state index contributed by atoms with van der Waals surface area (Å²) < 4.78 is 0. The first-order valence-corrected chi connectivity index (χ1v) is 4.16. The third kappa shape index (κ3) is 8.08. The van der Waals surface area contributed by atoms with Crippen molar-refractivity contribution in [2.24, 2.45) is 11.5 Å². The van der Waals surface area contributed by atoms with Crippen LogP contribution in [0.1, 0.15) is 0 Å². The third-order valence-corrected chi connectivity index (χ3v) is 1.39. The number of carbonyl (C=O) groups excluding carboxylic acids is 1. The van der Waals surface area contributed by atoms with Crippen LogP contribution in [0.5, 0.6) is 0 Å². The Kier molecular flexibility index (Phi) is 9.65. The Balaban J connectivity index is 0. The Morgan fingerprint density at radius 1 is 1.19 bits per heavy atom. The van der Waals surface area contributed by atoms with Crippen molar-refractivity contribution in [2.75, 3.05) is 13.2 Å². The minimum absolute atomic E-state index is 0.333. The molecule has 0 aliphatic heterocycles. The standard InChI is InChI=1S/C6H12O6.CH5N3/c7-1-3(9)5(11)6(12)4(10)2-8;2-1(3)4/h3,5-9,11-12H,1-2H2;(H5,2,3,4)/t3-,5+,6+;/m1./s1. The minimum atomic E-state index is -1.86. The van der Waals surface area contributed by atoms with Gasteiger partial charge in [0.15, 0.2) is 11.7 Å². The number of ketones is 1. The first kappa shape index (κ1) is 17.1. The van der Waals surface area contributed by atoms with Gasteiger partial charge in [-0.15, -0.1) is 0 Å². The van der Waals surface area contributed by atoms with Crippen LogP contribution in [-0.4, -0.2) is 68.8 Å². The van der Waals surface area contributed by atoms with Crippen molar-refractivity contribution < 1.29 is 30.3 Å². The minimum Gasteiger partial charge on any atom is -0.394 e. The molecular weight excluding hydrogens is 222 g/mol. The highest BCUT2D eigenvalue weighted by molar-refractivity contribution is 5.84. The number of guanidine groups is 1.